The largest absolute Gasteiger partial charge is 0.305 e. The van der Waals surface area contributed by atoms with Gasteiger partial charge in [0.05, 0.1) is 10.6 Å². The Bertz CT molecular complexity index is 771. The lowest BCUT2D eigenvalue weighted by molar-refractivity contribution is 0.565. The maximum absolute atomic E-state index is 11.7. The monoisotopic (exact) mass is 347 g/mol. The Morgan fingerprint density at radius 2 is 1.71 bits per heavy atom. The minimum atomic E-state index is -3.39. The summed E-state index contributed by atoms with van der Waals surface area (Å²) >= 11 is 0. The quantitative estimate of drug-likeness (QED) is 0.808. The van der Waals surface area contributed by atoms with Crippen molar-refractivity contribution in [3.63, 3.8) is 0 Å². The van der Waals surface area contributed by atoms with E-state index in [0.29, 0.717) is 12.5 Å². The third kappa shape index (κ3) is 4.63. The average Bonchev–Trinajstić information content (AvgIpc) is 2.60. The molecule has 1 atom stereocenters. The van der Waals surface area contributed by atoms with Crippen LogP contribution < -0.4 is 10.0 Å². The van der Waals surface area contributed by atoms with Crippen LogP contribution in [0.1, 0.15) is 49.7 Å². The van der Waals surface area contributed by atoms with Gasteiger partial charge >= 0.3 is 0 Å². The van der Waals surface area contributed by atoms with Crippen molar-refractivity contribution in [2.45, 2.75) is 44.2 Å². The van der Waals surface area contributed by atoms with Crippen LogP contribution in [0, 0.1) is 0 Å². The highest BCUT2D eigenvalue weighted by atomic mass is 32.2. The summed E-state index contributed by atoms with van der Waals surface area (Å²) in [5.74, 6) is 0.407. The molecule has 0 saturated carbocycles. The lowest BCUT2D eigenvalue weighted by Crippen LogP contribution is -2.20. The molecule has 1 aromatic heterocycles. The standard InChI is InChI=1S/C18H25N3O2S/c1-13(2)18-7-5-6-16(21-18)12-20-14(3)15-8-10-17(11-9-15)24(22,23)19-4/h5-11,13-14,19-20H,12H2,1-4H3/t14-/m0/s1. The molecule has 1 aromatic carbocycles. The SMILES string of the molecule is CNS(=O)(=O)c1ccc([C@H](C)NCc2cccc(C(C)C)n2)cc1. The molecule has 0 unspecified atom stereocenters. The molecule has 0 bridgehead atoms. The minimum Gasteiger partial charge on any atom is -0.305 e. The van der Waals surface area contributed by atoms with Crippen molar-refractivity contribution in [1.82, 2.24) is 15.0 Å². The van der Waals surface area contributed by atoms with Crippen molar-refractivity contribution in [3.8, 4) is 0 Å². The first-order valence-electron chi connectivity index (χ1n) is 8.06. The number of benzene rings is 1. The van der Waals surface area contributed by atoms with Gasteiger partial charge in [0.15, 0.2) is 0 Å². The predicted molar refractivity (Wildman–Crippen MR) is 96.3 cm³/mol. The summed E-state index contributed by atoms with van der Waals surface area (Å²) in [6.07, 6.45) is 0. The van der Waals surface area contributed by atoms with Gasteiger partial charge in [-0.05, 0) is 49.7 Å². The van der Waals surface area contributed by atoms with Crippen LogP contribution in [-0.4, -0.2) is 20.4 Å². The Labute approximate surface area is 144 Å². The fourth-order valence-corrected chi connectivity index (χ4v) is 3.08. The van der Waals surface area contributed by atoms with E-state index in [0.717, 1.165) is 17.0 Å². The minimum absolute atomic E-state index is 0.0980. The second-order valence-corrected chi connectivity index (χ2v) is 7.97. The van der Waals surface area contributed by atoms with Crippen molar-refractivity contribution >= 4 is 10.0 Å². The highest BCUT2D eigenvalue weighted by Gasteiger charge is 2.12. The molecule has 0 fully saturated rings. The van der Waals surface area contributed by atoms with E-state index in [4.69, 9.17) is 0 Å². The number of nitrogens with one attached hydrogen (secondary N) is 2. The Hall–Kier alpha value is -1.76. The topological polar surface area (TPSA) is 71.1 Å². The summed E-state index contributed by atoms with van der Waals surface area (Å²) in [6, 6.07) is 13.1. The van der Waals surface area contributed by atoms with Gasteiger partial charge in [-0.15, -0.1) is 0 Å². The molecule has 2 aromatic rings. The molecular weight excluding hydrogens is 322 g/mol. The number of rotatable bonds is 7. The summed E-state index contributed by atoms with van der Waals surface area (Å²) < 4.78 is 25.8. The Morgan fingerprint density at radius 1 is 1.04 bits per heavy atom. The maximum atomic E-state index is 11.7. The number of nitrogens with zero attached hydrogens (tertiary/aromatic N) is 1. The van der Waals surface area contributed by atoms with E-state index in [1.807, 2.05) is 37.3 Å². The van der Waals surface area contributed by atoms with Crippen LogP contribution in [-0.2, 0) is 16.6 Å². The summed E-state index contributed by atoms with van der Waals surface area (Å²) in [5.41, 5.74) is 3.12. The lowest BCUT2D eigenvalue weighted by atomic mass is 10.1. The number of sulfonamides is 1. The van der Waals surface area contributed by atoms with Crippen LogP contribution in [0.4, 0.5) is 0 Å². The first-order chi connectivity index (χ1) is 11.3. The molecule has 2 N–H and O–H groups in total. The molecule has 0 radical (unpaired) electrons. The summed E-state index contributed by atoms with van der Waals surface area (Å²) in [5, 5.41) is 3.43. The molecule has 1 heterocycles. The number of hydrogen-bond donors (Lipinski definition) is 2. The second-order valence-electron chi connectivity index (χ2n) is 6.09. The highest BCUT2D eigenvalue weighted by Crippen LogP contribution is 2.17. The molecule has 0 aliphatic heterocycles. The van der Waals surface area contributed by atoms with Crippen molar-refractivity contribution in [2.24, 2.45) is 0 Å². The molecule has 6 heteroatoms. The average molecular weight is 347 g/mol. The summed E-state index contributed by atoms with van der Waals surface area (Å²) in [6.45, 7) is 6.97. The Morgan fingerprint density at radius 3 is 2.29 bits per heavy atom. The maximum Gasteiger partial charge on any atom is 0.240 e. The van der Waals surface area contributed by atoms with E-state index in [9.17, 15) is 8.42 Å². The predicted octanol–water partition coefficient (Wildman–Crippen LogP) is 2.96. The zero-order chi connectivity index (χ0) is 17.7. The van der Waals surface area contributed by atoms with Crippen molar-refractivity contribution in [1.29, 1.82) is 0 Å². The third-order valence-corrected chi connectivity index (χ3v) is 5.40. The third-order valence-electron chi connectivity index (χ3n) is 3.97. The zero-order valence-corrected chi connectivity index (χ0v) is 15.4. The molecule has 24 heavy (non-hydrogen) atoms. The van der Waals surface area contributed by atoms with Crippen molar-refractivity contribution < 1.29 is 8.42 Å². The van der Waals surface area contributed by atoms with Gasteiger partial charge in [0.2, 0.25) is 10.0 Å². The van der Waals surface area contributed by atoms with Gasteiger partial charge in [0, 0.05) is 18.3 Å². The van der Waals surface area contributed by atoms with Gasteiger partial charge < -0.3 is 5.32 Å². The smallest absolute Gasteiger partial charge is 0.240 e. The highest BCUT2D eigenvalue weighted by molar-refractivity contribution is 7.89. The summed E-state index contributed by atoms with van der Waals surface area (Å²) in [7, 11) is -1.98. The zero-order valence-electron chi connectivity index (χ0n) is 14.6. The molecular formula is C18H25N3O2S. The van der Waals surface area contributed by atoms with E-state index in [1.54, 1.807) is 12.1 Å². The summed E-state index contributed by atoms with van der Waals surface area (Å²) in [4.78, 5) is 4.92. The van der Waals surface area contributed by atoms with Gasteiger partial charge in [-0.1, -0.05) is 32.0 Å². The molecule has 0 saturated heterocycles. The van der Waals surface area contributed by atoms with Gasteiger partial charge in [-0.25, -0.2) is 13.1 Å². The van der Waals surface area contributed by atoms with Crippen LogP contribution in [0.15, 0.2) is 47.4 Å². The van der Waals surface area contributed by atoms with E-state index < -0.39 is 10.0 Å². The number of pyridine rings is 1. The number of aromatic nitrogens is 1. The van der Waals surface area contributed by atoms with Crippen LogP contribution in [0.2, 0.25) is 0 Å². The first-order valence-corrected chi connectivity index (χ1v) is 9.54. The molecule has 5 nitrogen and oxygen atoms in total. The van der Waals surface area contributed by atoms with Crippen molar-refractivity contribution in [3.05, 3.63) is 59.4 Å². The molecule has 130 valence electrons. The van der Waals surface area contributed by atoms with Crippen LogP contribution in [0.25, 0.3) is 0 Å². The molecule has 0 spiro atoms. The molecule has 0 aliphatic rings. The van der Waals surface area contributed by atoms with Gasteiger partial charge in [-0.2, -0.15) is 0 Å². The molecule has 0 amide bonds. The van der Waals surface area contributed by atoms with E-state index in [-0.39, 0.29) is 10.9 Å². The second kappa shape index (κ2) is 7.88. The molecule has 2 rings (SSSR count). The van der Waals surface area contributed by atoms with Crippen LogP contribution >= 0.6 is 0 Å². The molecule has 0 aliphatic carbocycles. The van der Waals surface area contributed by atoms with Crippen LogP contribution in [0.5, 0.6) is 0 Å². The van der Waals surface area contributed by atoms with E-state index >= 15 is 0 Å². The van der Waals surface area contributed by atoms with Crippen molar-refractivity contribution in [2.75, 3.05) is 7.05 Å². The van der Waals surface area contributed by atoms with Gasteiger partial charge in [0.25, 0.3) is 0 Å². The van der Waals surface area contributed by atoms with Gasteiger partial charge in [-0.3, -0.25) is 4.98 Å². The van der Waals surface area contributed by atoms with E-state index in [1.165, 1.54) is 7.05 Å². The fourth-order valence-electron chi connectivity index (χ4n) is 2.35. The Kier molecular flexibility index (Phi) is 6.10. The van der Waals surface area contributed by atoms with Crippen LogP contribution in [0.3, 0.4) is 0 Å². The lowest BCUT2D eigenvalue weighted by Gasteiger charge is -2.15. The van der Waals surface area contributed by atoms with E-state index in [2.05, 4.69) is 28.9 Å². The normalized spacial score (nSPS) is 13.2. The Balaban J connectivity index is 2.02. The fraction of sp³-hybridized carbons (Fsp3) is 0.389. The number of hydrogen-bond acceptors (Lipinski definition) is 4. The first kappa shape index (κ1) is 18.6. The van der Waals surface area contributed by atoms with Gasteiger partial charge in [0.1, 0.15) is 0 Å².